The van der Waals surface area contributed by atoms with Crippen molar-refractivity contribution in [3.05, 3.63) is 66.2 Å². The molecule has 5 rings (SSSR count). The molecule has 0 aromatic heterocycles. The van der Waals surface area contributed by atoms with Crippen LogP contribution in [0.15, 0.2) is 60.7 Å². The fourth-order valence-electron chi connectivity index (χ4n) is 7.02. The van der Waals surface area contributed by atoms with Crippen molar-refractivity contribution in [1.82, 2.24) is 10.2 Å². The molecule has 6 atom stereocenters. The normalized spacial score (nSPS) is 29.8. The number of anilines is 1. The summed E-state index contributed by atoms with van der Waals surface area (Å²) >= 11 is 0. The summed E-state index contributed by atoms with van der Waals surface area (Å²) in [4.78, 5) is 43.5. The molecule has 3 saturated heterocycles. The highest BCUT2D eigenvalue weighted by Gasteiger charge is 2.78. The summed E-state index contributed by atoms with van der Waals surface area (Å²) in [5.41, 5.74) is -0.381. The third-order valence-corrected chi connectivity index (χ3v) is 8.78. The van der Waals surface area contributed by atoms with Crippen LogP contribution in [0, 0.1) is 11.8 Å². The van der Waals surface area contributed by atoms with Gasteiger partial charge in [-0.3, -0.25) is 14.4 Å². The Bertz CT molecular complexity index is 1190. The van der Waals surface area contributed by atoms with Crippen LogP contribution in [-0.2, 0) is 25.5 Å². The lowest BCUT2D eigenvalue weighted by Gasteiger charge is -2.37. The first-order valence-corrected chi connectivity index (χ1v) is 14.2. The summed E-state index contributed by atoms with van der Waals surface area (Å²) < 4.78 is 6.68. The number of unbranched alkanes of at least 4 members (excludes halogenated alkanes) is 2. The number of likely N-dealkylation sites (tertiary alicyclic amines) is 1. The van der Waals surface area contributed by atoms with Crippen LogP contribution in [0.1, 0.15) is 51.5 Å². The molecule has 2 unspecified atom stereocenters. The van der Waals surface area contributed by atoms with Crippen molar-refractivity contribution in [1.29, 1.82) is 0 Å². The van der Waals surface area contributed by atoms with Gasteiger partial charge in [-0.25, -0.2) is 0 Å². The Kier molecular flexibility index (Phi) is 7.78. The number of carbonyl (C=O) groups is 3. The molecule has 39 heavy (non-hydrogen) atoms. The number of carbonyl (C=O) groups excluding carboxylic acids is 3. The number of nitrogens with one attached hydrogen (secondary N) is 2. The molecule has 3 N–H and O–H groups in total. The van der Waals surface area contributed by atoms with Crippen molar-refractivity contribution in [3.63, 3.8) is 0 Å². The smallest absolute Gasteiger partial charge is 0.245 e. The molecule has 2 aromatic carbocycles. The topological polar surface area (TPSA) is 108 Å². The van der Waals surface area contributed by atoms with E-state index in [4.69, 9.17) is 4.74 Å². The lowest BCUT2D eigenvalue weighted by atomic mass is 9.66. The van der Waals surface area contributed by atoms with Crippen LogP contribution in [-0.4, -0.2) is 64.2 Å². The minimum Gasteiger partial charge on any atom is -0.394 e. The molecule has 3 heterocycles. The van der Waals surface area contributed by atoms with Crippen molar-refractivity contribution < 1.29 is 24.2 Å². The van der Waals surface area contributed by atoms with Gasteiger partial charge in [0.1, 0.15) is 11.6 Å². The number of rotatable bonds is 11. The second-order valence-electron chi connectivity index (χ2n) is 11.4. The molecule has 0 saturated carbocycles. The molecule has 3 aliphatic rings. The van der Waals surface area contributed by atoms with Gasteiger partial charge in [-0.05, 0) is 50.3 Å². The van der Waals surface area contributed by atoms with Crippen LogP contribution in [0.25, 0.3) is 0 Å². The van der Waals surface area contributed by atoms with Gasteiger partial charge in [-0.15, -0.1) is 0 Å². The maximum absolute atomic E-state index is 14.3. The number of aliphatic hydroxyl groups excluding tert-OH is 1. The molecule has 3 fully saturated rings. The molecule has 2 aromatic rings. The van der Waals surface area contributed by atoms with Crippen molar-refractivity contribution >= 4 is 23.4 Å². The predicted octanol–water partition coefficient (Wildman–Crippen LogP) is 3.30. The summed E-state index contributed by atoms with van der Waals surface area (Å²) in [6.07, 6.45) is 4.32. The number of para-hydroxylation sites is 1. The van der Waals surface area contributed by atoms with Gasteiger partial charge >= 0.3 is 0 Å². The van der Waals surface area contributed by atoms with E-state index in [9.17, 15) is 19.5 Å². The molecule has 2 bridgehead atoms. The van der Waals surface area contributed by atoms with Crippen LogP contribution in [0.5, 0.6) is 0 Å². The number of nitrogens with zero attached hydrogens (tertiary/aromatic N) is 1. The average Bonchev–Trinajstić information content (AvgIpc) is 3.51. The summed E-state index contributed by atoms with van der Waals surface area (Å²) in [5, 5.41) is 16.5. The lowest BCUT2D eigenvalue weighted by Crippen LogP contribution is -2.58. The van der Waals surface area contributed by atoms with E-state index in [0.717, 1.165) is 24.8 Å². The standard InChI is InChI=1S/C31H39N3O5/c1-3-4-11-18-32-28(37)26-31-17-16-30(2,39-31)24(27(36)33-22-14-9-6-10-15-22)25(31)29(38)34(26)23(20-35)19-21-12-7-5-8-13-21/h5-10,12-15,23-26,35H,3-4,11,16-20H2,1-2H3,(H,32,37)(H,33,36)/t23-,24-,25+,26?,30+,31?/m1/s1. The summed E-state index contributed by atoms with van der Waals surface area (Å²) in [6.45, 7) is 4.19. The van der Waals surface area contributed by atoms with E-state index >= 15 is 0 Å². The van der Waals surface area contributed by atoms with Crippen LogP contribution < -0.4 is 10.6 Å². The molecule has 0 aliphatic carbocycles. The van der Waals surface area contributed by atoms with Gasteiger partial charge in [0.25, 0.3) is 0 Å². The number of hydrogen-bond acceptors (Lipinski definition) is 5. The molecule has 1 spiro atoms. The number of benzene rings is 2. The van der Waals surface area contributed by atoms with E-state index < -0.39 is 35.1 Å². The lowest BCUT2D eigenvalue weighted by molar-refractivity contribution is -0.148. The Balaban J connectivity index is 1.50. The van der Waals surface area contributed by atoms with Crippen molar-refractivity contribution in [2.24, 2.45) is 11.8 Å². The van der Waals surface area contributed by atoms with E-state index in [-0.39, 0.29) is 24.3 Å². The quantitative estimate of drug-likeness (QED) is 0.384. The highest BCUT2D eigenvalue weighted by molar-refractivity contribution is 6.02. The SMILES string of the molecule is CCCCCNC(=O)C1N([C@@H](CO)Cc2ccccc2)C(=O)[C@@H]2[C@H](C(=O)Nc3ccccc3)[C@]3(C)CCC12O3. The summed E-state index contributed by atoms with van der Waals surface area (Å²) in [7, 11) is 0. The fourth-order valence-corrected chi connectivity index (χ4v) is 7.02. The Morgan fingerprint density at radius 1 is 1.05 bits per heavy atom. The van der Waals surface area contributed by atoms with Gasteiger partial charge in [-0.1, -0.05) is 68.3 Å². The number of amides is 3. The molecular weight excluding hydrogens is 494 g/mol. The van der Waals surface area contributed by atoms with Gasteiger partial charge in [0, 0.05) is 12.2 Å². The highest BCUT2D eigenvalue weighted by atomic mass is 16.5. The molecular formula is C31H39N3O5. The van der Waals surface area contributed by atoms with Gasteiger partial charge in [0.2, 0.25) is 17.7 Å². The Morgan fingerprint density at radius 2 is 1.74 bits per heavy atom. The van der Waals surface area contributed by atoms with Gasteiger partial charge in [0.05, 0.1) is 30.1 Å². The number of hydrogen-bond donors (Lipinski definition) is 3. The average molecular weight is 534 g/mol. The zero-order chi connectivity index (χ0) is 27.6. The zero-order valence-electron chi connectivity index (χ0n) is 22.8. The van der Waals surface area contributed by atoms with E-state index in [1.165, 1.54) is 0 Å². The monoisotopic (exact) mass is 533 g/mol. The first-order valence-electron chi connectivity index (χ1n) is 14.2. The Labute approximate surface area is 230 Å². The first-order chi connectivity index (χ1) is 18.8. The minimum atomic E-state index is -1.12. The molecule has 8 nitrogen and oxygen atoms in total. The molecule has 0 radical (unpaired) electrons. The van der Waals surface area contributed by atoms with Crippen LogP contribution in [0.3, 0.4) is 0 Å². The van der Waals surface area contributed by atoms with Gasteiger partial charge < -0.3 is 25.4 Å². The maximum Gasteiger partial charge on any atom is 0.245 e. The van der Waals surface area contributed by atoms with Crippen molar-refractivity contribution in [2.45, 2.75) is 75.7 Å². The van der Waals surface area contributed by atoms with Crippen LogP contribution in [0.4, 0.5) is 5.69 Å². The summed E-state index contributed by atoms with van der Waals surface area (Å²) in [5.74, 6) is -2.42. The highest BCUT2D eigenvalue weighted by Crippen LogP contribution is 2.63. The third kappa shape index (κ3) is 4.85. The van der Waals surface area contributed by atoms with E-state index in [2.05, 4.69) is 17.6 Å². The third-order valence-electron chi connectivity index (χ3n) is 8.78. The Morgan fingerprint density at radius 3 is 2.41 bits per heavy atom. The Hall–Kier alpha value is -3.23. The van der Waals surface area contributed by atoms with Crippen molar-refractivity contribution in [2.75, 3.05) is 18.5 Å². The number of ether oxygens (including phenoxy) is 1. The zero-order valence-corrected chi connectivity index (χ0v) is 22.8. The van der Waals surface area contributed by atoms with Crippen LogP contribution >= 0.6 is 0 Å². The summed E-state index contributed by atoms with van der Waals surface area (Å²) in [6, 6.07) is 17.2. The number of aliphatic hydroxyl groups is 1. The fraction of sp³-hybridized carbons (Fsp3) is 0.516. The van der Waals surface area contributed by atoms with Crippen LogP contribution in [0.2, 0.25) is 0 Å². The van der Waals surface area contributed by atoms with E-state index in [1.807, 2.05) is 55.5 Å². The molecule has 3 amide bonds. The van der Waals surface area contributed by atoms with E-state index in [1.54, 1.807) is 17.0 Å². The predicted molar refractivity (Wildman–Crippen MR) is 148 cm³/mol. The second kappa shape index (κ2) is 11.1. The van der Waals surface area contributed by atoms with E-state index in [0.29, 0.717) is 31.5 Å². The maximum atomic E-state index is 14.3. The molecule has 8 heteroatoms. The second-order valence-corrected chi connectivity index (χ2v) is 11.4. The number of fused-ring (bicyclic) bond motifs is 1. The van der Waals surface area contributed by atoms with Crippen molar-refractivity contribution in [3.8, 4) is 0 Å². The van der Waals surface area contributed by atoms with Gasteiger partial charge in [0.15, 0.2) is 0 Å². The minimum absolute atomic E-state index is 0.276. The molecule has 3 aliphatic heterocycles. The van der Waals surface area contributed by atoms with Gasteiger partial charge in [-0.2, -0.15) is 0 Å². The first kappa shape index (κ1) is 27.3. The molecule has 208 valence electrons. The largest absolute Gasteiger partial charge is 0.394 e.